The first-order chi connectivity index (χ1) is 8.24. The fourth-order valence-corrected chi connectivity index (χ4v) is 2.29. The van der Waals surface area contributed by atoms with Crippen molar-refractivity contribution in [3.8, 4) is 0 Å². The fourth-order valence-electron chi connectivity index (χ4n) is 2.29. The lowest BCUT2D eigenvalue weighted by Gasteiger charge is -2.32. The van der Waals surface area contributed by atoms with Crippen LogP contribution >= 0.6 is 0 Å². The summed E-state index contributed by atoms with van der Waals surface area (Å²) in [6.07, 6.45) is 3.56. The molecule has 17 heavy (non-hydrogen) atoms. The predicted molar refractivity (Wildman–Crippen MR) is 69.5 cm³/mol. The largest absolute Gasteiger partial charge is 0.468 e. The average Bonchev–Trinajstić information content (AvgIpc) is 2.78. The van der Waals surface area contributed by atoms with Crippen molar-refractivity contribution in [1.82, 2.24) is 0 Å². The number of nitrogens with zero attached hydrogens (tertiary/aromatic N) is 1. The van der Waals surface area contributed by atoms with E-state index in [2.05, 4.69) is 48.5 Å². The van der Waals surface area contributed by atoms with Crippen LogP contribution in [0.25, 0.3) is 0 Å². The van der Waals surface area contributed by atoms with E-state index in [9.17, 15) is 0 Å². The molecule has 3 heteroatoms. The van der Waals surface area contributed by atoms with Crippen LogP contribution in [-0.2, 0) is 0 Å². The maximum atomic E-state index is 5.24. The van der Waals surface area contributed by atoms with Gasteiger partial charge >= 0.3 is 0 Å². The molecule has 1 aliphatic heterocycles. The number of hydrogen-bond acceptors (Lipinski definition) is 3. The van der Waals surface area contributed by atoms with Crippen LogP contribution < -0.4 is 10.2 Å². The second-order valence-electron chi connectivity index (χ2n) is 4.66. The summed E-state index contributed by atoms with van der Waals surface area (Å²) in [6.45, 7) is 3.06. The van der Waals surface area contributed by atoms with E-state index in [1.807, 2.05) is 0 Å². The number of hydrogen-bond donors (Lipinski definition) is 1. The number of rotatable bonds is 1. The topological polar surface area (TPSA) is 28.4 Å². The zero-order valence-electron chi connectivity index (χ0n) is 10.1. The van der Waals surface area contributed by atoms with E-state index in [1.165, 1.54) is 11.1 Å². The molecule has 3 nitrogen and oxygen atoms in total. The first-order valence-electron chi connectivity index (χ1n) is 5.84. The highest BCUT2D eigenvalue weighted by Crippen LogP contribution is 2.35. The van der Waals surface area contributed by atoms with Crippen molar-refractivity contribution in [3.63, 3.8) is 0 Å². The Hall–Kier alpha value is -1.90. The molecule has 1 N–H and O–H groups in total. The lowest BCUT2D eigenvalue weighted by Crippen LogP contribution is -2.32. The SMILES string of the molecule is Cc1ccc(C2CN(C)c3cocc3N2)cc1. The molecule has 1 aromatic carbocycles. The van der Waals surface area contributed by atoms with Crippen molar-refractivity contribution in [2.45, 2.75) is 13.0 Å². The molecule has 0 saturated carbocycles. The second kappa shape index (κ2) is 3.84. The van der Waals surface area contributed by atoms with E-state index in [4.69, 9.17) is 4.42 Å². The highest BCUT2D eigenvalue weighted by Gasteiger charge is 2.23. The van der Waals surface area contributed by atoms with E-state index in [0.717, 1.165) is 17.9 Å². The highest BCUT2D eigenvalue weighted by molar-refractivity contribution is 5.71. The molecular formula is C14H16N2O. The summed E-state index contributed by atoms with van der Waals surface area (Å²) in [7, 11) is 2.09. The molecule has 1 unspecified atom stereocenters. The van der Waals surface area contributed by atoms with Gasteiger partial charge in [-0.15, -0.1) is 0 Å². The molecule has 0 amide bonds. The lowest BCUT2D eigenvalue weighted by atomic mass is 10.0. The molecule has 0 bridgehead atoms. The summed E-state index contributed by atoms with van der Waals surface area (Å²) < 4.78 is 5.24. The molecule has 2 aromatic rings. The summed E-state index contributed by atoms with van der Waals surface area (Å²) in [4.78, 5) is 2.22. The molecule has 0 radical (unpaired) electrons. The number of benzene rings is 1. The van der Waals surface area contributed by atoms with Crippen molar-refractivity contribution in [1.29, 1.82) is 0 Å². The van der Waals surface area contributed by atoms with Gasteiger partial charge < -0.3 is 14.6 Å². The first-order valence-corrected chi connectivity index (χ1v) is 5.84. The number of aryl methyl sites for hydroxylation is 1. The third-order valence-electron chi connectivity index (χ3n) is 3.32. The lowest BCUT2D eigenvalue weighted by molar-refractivity contribution is 0.568. The van der Waals surface area contributed by atoms with Crippen LogP contribution in [0.4, 0.5) is 11.4 Å². The van der Waals surface area contributed by atoms with Crippen molar-refractivity contribution in [2.75, 3.05) is 23.8 Å². The minimum atomic E-state index is 0.325. The van der Waals surface area contributed by atoms with Crippen LogP contribution in [0.15, 0.2) is 41.2 Å². The van der Waals surface area contributed by atoms with Gasteiger partial charge in [0.1, 0.15) is 12.5 Å². The summed E-state index contributed by atoms with van der Waals surface area (Å²) >= 11 is 0. The van der Waals surface area contributed by atoms with Gasteiger partial charge in [0.15, 0.2) is 0 Å². The Morgan fingerprint density at radius 1 is 1.24 bits per heavy atom. The van der Waals surface area contributed by atoms with Gasteiger partial charge in [-0.25, -0.2) is 0 Å². The van der Waals surface area contributed by atoms with Gasteiger partial charge in [-0.3, -0.25) is 0 Å². The van der Waals surface area contributed by atoms with E-state index in [0.29, 0.717) is 6.04 Å². The Labute approximate surface area is 101 Å². The Balaban J connectivity index is 1.90. The Kier molecular flexibility index (Phi) is 2.32. The maximum Gasteiger partial charge on any atom is 0.116 e. The monoisotopic (exact) mass is 228 g/mol. The minimum absolute atomic E-state index is 0.325. The maximum absolute atomic E-state index is 5.24. The summed E-state index contributed by atoms with van der Waals surface area (Å²) in [6, 6.07) is 9.01. The van der Waals surface area contributed by atoms with Crippen molar-refractivity contribution >= 4 is 11.4 Å². The highest BCUT2D eigenvalue weighted by atomic mass is 16.3. The third kappa shape index (κ3) is 1.78. The fraction of sp³-hybridized carbons (Fsp3) is 0.286. The first kappa shape index (κ1) is 10.3. The molecule has 3 rings (SSSR count). The predicted octanol–water partition coefficient (Wildman–Crippen LogP) is 3.19. The number of furan rings is 1. The van der Waals surface area contributed by atoms with E-state index >= 15 is 0 Å². The molecule has 88 valence electrons. The van der Waals surface area contributed by atoms with Gasteiger partial charge in [-0.2, -0.15) is 0 Å². The average molecular weight is 228 g/mol. The van der Waals surface area contributed by atoms with Gasteiger partial charge in [0.2, 0.25) is 0 Å². The van der Waals surface area contributed by atoms with Crippen LogP contribution in [0.1, 0.15) is 17.2 Å². The molecule has 0 spiro atoms. The second-order valence-corrected chi connectivity index (χ2v) is 4.66. The van der Waals surface area contributed by atoms with Crippen LogP contribution in [0, 0.1) is 6.92 Å². The number of nitrogens with one attached hydrogen (secondary N) is 1. The molecule has 1 aromatic heterocycles. The van der Waals surface area contributed by atoms with Gasteiger partial charge in [-0.1, -0.05) is 29.8 Å². The Bertz CT molecular complexity index is 515. The van der Waals surface area contributed by atoms with E-state index < -0.39 is 0 Å². The Morgan fingerprint density at radius 2 is 2.00 bits per heavy atom. The zero-order valence-corrected chi connectivity index (χ0v) is 10.1. The zero-order chi connectivity index (χ0) is 11.8. The smallest absolute Gasteiger partial charge is 0.116 e. The summed E-state index contributed by atoms with van der Waals surface area (Å²) in [5, 5.41) is 3.51. The molecule has 0 aliphatic carbocycles. The quantitative estimate of drug-likeness (QED) is 0.812. The molecular weight excluding hydrogens is 212 g/mol. The minimum Gasteiger partial charge on any atom is -0.468 e. The van der Waals surface area contributed by atoms with E-state index in [1.54, 1.807) is 12.5 Å². The van der Waals surface area contributed by atoms with Gasteiger partial charge in [0, 0.05) is 13.6 Å². The van der Waals surface area contributed by atoms with Crippen LogP contribution in [0.3, 0.4) is 0 Å². The van der Waals surface area contributed by atoms with E-state index in [-0.39, 0.29) is 0 Å². The summed E-state index contributed by atoms with van der Waals surface area (Å²) in [5.41, 5.74) is 4.81. The standard InChI is InChI=1S/C14H16N2O/c1-10-3-5-11(6-4-10)12-7-16(2)14-9-17-8-13(14)15-12/h3-6,8-9,12,15H,7H2,1-2H3. The molecule has 1 aliphatic rings. The van der Waals surface area contributed by atoms with Crippen LogP contribution in [-0.4, -0.2) is 13.6 Å². The summed E-state index contributed by atoms with van der Waals surface area (Å²) in [5.74, 6) is 0. The van der Waals surface area contributed by atoms with Gasteiger partial charge in [0.25, 0.3) is 0 Å². The third-order valence-corrected chi connectivity index (χ3v) is 3.32. The van der Waals surface area contributed by atoms with Gasteiger partial charge in [0.05, 0.1) is 17.4 Å². The normalized spacial score (nSPS) is 18.7. The number of likely N-dealkylation sites (N-methyl/N-ethyl adjacent to an activating group) is 1. The molecule has 0 saturated heterocycles. The van der Waals surface area contributed by atoms with Crippen molar-refractivity contribution in [3.05, 3.63) is 47.9 Å². The molecule has 0 fully saturated rings. The van der Waals surface area contributed by atoms with Crippen molar-refractivity contribution in [2.24, 2.45) is 0 Å². The molecule has 1 atom stereocenters. The van der Waals surface area contributed by atoms with Crippen LogP contribution in [0.5, 0.6) is 0 Å². The van der Waals surface area contributed by atoms with Crippen molar-refractivity contribution < 1.29 is 4.42 Å². The molecule has 2 heterocycles. The van der Waals surface area contributed by atoms with Gasteiger partial charge in [-0.05, 0) is 12.5 Å². The van der Waals surface area contributed by atoms with Crippen LogP contribution in [0.2, 0.25) is 0 Å². The number of anilines is 2. The Morgan fingerprint density at radius 3 is 2.76 bits per heavy atom. The number of fused-ring (bicyclic) bond motifs is 1.